The molecule has 0 saturated heterocycles. The fourth-order valence-electron chi connectivity index (χ4n) is 1.92. The van der Waals surface area contributed by atoms with Gasteiger partial charge < -0.3 is 9.72 Å². The molecule has 1 N–H and O–H groups in total. The number of fused-ring (bicyclic) bond motifs is 1. The second-order valence-corrected chi connectivity index (χ2v) is 6.17. The van der Waals surface area contributed by atoms with Gasteiger partial charge in [0.25, 0.3) is 0 Å². The maximum absolute atomic E-state index is 5.22. The molecule has 0 aliphatic heterocycles. The minimum Gasteiger partial charge on any atom is -0.497 e. The number of hydrogen-bond donors (Lipinski definition) is 1. The zero-order chi connectivity index (χ0) is 13.4. The Bertz CT molecular complexity index is 754. The van der Waals surface area contributed by atoms with Crippen molar-refractivity contribution in [3.8, 4) is 17.1 Å². The summed E-state index contributed by atoms with van der Waals surface area (Å²) >= 11 is 5.81. The fourth-order valence-corrected chi connectivity index (χ4v) is 2.87. The van der Waals surface area contributed by atoms with E-state index < -0.39 is 0 Å². The third-order valence-corrected chi connectivity index (χ3v) is 4.31. The van der Waals surface area contributed by atoms with Gasteiger partial charge in [0, 0.05) is 19.7 Å². The summed E-state index contributed by atoms with van der Waals surface area (Å²) in [5, 5.41) is 0. The summed E-state index contributed by atoms with van der Waals surface area (Å²) in [7, 11) is 1.66. The molecule has 19 heavy (non-hydrogen) atoms. The number of halogens is 2. The number of rotatable bonds is 2. The summed E-state index contributed by atoms with van der Waals surface area (Å²) in [5.74, 6) is 1.69. The summed E-state index contributed by atoms with van der Waals surface area (Å²) in [6.07, 6.45) is 0. The number of H-pyrrole nitrogens is 1. The zero-order valence-corrected chi connectivity index (χ0v) is 13.8. The smallest absolute Gasteiger partial charge is 0.139 e. The van der Waals surface area contributed by atoms with Crippen molar-refractivity contribution >= 4 is 49.6 Å². The van der Waals surface area contributed by atoms with Crippen LogP contribution in [0.5, 0.6) is 5.75 Å². The van der Waals surface area contributed by atoms with Crippen LogP contribution in [0.3, 0.4) is 0 Å². The Morgan fingerprint density at radius 3 is 2.84 bits per heavy atom. The standard InChI is InChI=1S/C14H10BrIN2O/c1-19-9-3-5-12-13(7-9)18-14(17-12)10-6-8(15)2-4-11(10)16/h2-7H,1H3,(H,17,18). The predicted molar refractivity (Wildman–Crippen MR) is 88.5 cm³/mol. The van der Waals surface area contributed by atoms with Crippen LogP contribution in [0.4, 0.5) is 0 Å². The highest BCUT2D eigenvalue weighted by Gasteiger charge is 2.09. The summed E-state index contributed by atoms with van der Waals surface area (Å²) in [6.45, 7) is 0. The van der Waals surface area contributed by atoms with Gasteiger partial charge >= 0.3 is 0 Å². The average molecular weight is 429 g/mol. The second-order valence-electron chi connectivity index (χ2n) is 4.09. The highest BCUT2D eigenvalue weighted by molar-refractivity contribution is 14.1. The number of hydrogen-bond acceptors (Lipinski definition) is 2. The second kappa shape index (κ2) is 5.13. The minimum atomic E-state index is 0.826. The van der Waals surface area contributed by atoms with Gasteiger partial charge in [-0.15, -0.1) is 0 Å². The molecule has 3 nitrogen and oxygen atoms in total. The summed E-state index contributed by atoms with van der Waals surface area (Å²) < 4.78 is 7.42. The molecule has 3 rings (SSSR count). The van der Waals surface area contributed by atoms with Crippen molar-refractivity contribution in [1.82, 2.24) is 9.97 Å². The molecule has 96 valence electrons. The third-order valence-electron chi connectivity index (χ3n) is 2.87. The Morgan fingerprint density at radius 1 is 1.21 bits per heavy atom. The maximum atomic E-state index is 5.22. The molecule has 0 bridgehead atoms. The van der Waals surface area contributed by atoms with E-state index in [0.717, 1.165) is 36.2 Å². The third kappa shape index (κ3) is 2.49. The molecule has 0 aliphatic carbocycles. The van der Waals surface area contributed by atoms with Crippen molar-refractivity contribution in [1.29, 1.82) is 0 Å². The van der Waals surface area contributed by atoms with Gasteiger partial charge in [0.15, 0.2) is 0 Å². The lowest BCUT2D eigenvalue weighted by Gasteiger charge is -2.01. The van der Waals surface area contributed by atoms with Crippen LogP contribution in [0.1, 0.15) is 0 Å². The van der Waals surface area contributed by atoms with Gasteiger partial charge in [-0.2, -0.15) is 0 Å². The first-order chi connectivity index (χ1) is 9.17. The first kappa shape index (κ1) is 12.9. The van der Waals surface area contributed by atoms with Crippen molar-refractivity contribution in [3.05, 3.63) is 44.4 Å². The number of ether oxygens (including phenoxy) is 1. The molecule has 0 atom stereocenters. The van der Waals surface area contributed by atoms with Crippen molar-refractivity contribution in [2.24, 2.45) is 0 Å². The molecule has 0 saturated carbocycles. The number of aromatic amines is 1. The quantitative estimate of drug-likeness (QED) is 0.605. The number of benzene rings is 2. The van der Waals surface area contributed by atoms with Crippen molar-refractivity contribution in [2.75, 3.05) is 7.11 Å². The number of nitrogens with one attached hydrogen (secondary N) is 1. The summed E-state index contributed by atoms with van der Waals surface area (Å²) in [5.41, 5.74) is 3.00. The van der Waals surface area contributed by atoms with E-state index in [2.05, 4.69) is 60.6 Å². The SMILES string of the molecule is COc1ccc2nc(-c3cc(Br)ccc3I)[nH]c2c1. The number of methoxy groups -OCH3 is 1. The lowest BCUT2D eigenvalue weighted by Crippen LogP contribution is -1.85. The normalized spacial score (nSPS) is 10.9. The Labute approximate surface area is 132 Å². The molecule has 0 radical (unpaired) electrons. The van der Waals surface area contributed by atoms with E-state index in [0.29, 0.717) is 0 Å². The van der Waals surface area contributed by atoms with Crippen molar-refractivity contribution < 1.29 is 4.74 Å². The van der Waals surface area contributed by atoms with Crippen LogP contribution in [0.15, 0.2) is 40.9 Å². The van der Waals surface area contributed by atoms with Gasteiger partial charge in [-0.25, -0.2) is 4.98 Å². The lowest BCUT2D eigenvalue weighted by atomic mass is 10.2. The molecule has 2 aromatic carbocycles. The van der Waals surface area contributed by atoms with Gasteiger partial charge in [-0.3, -0.25) is 0 Å². The predicted octanol–water partition coefficient (Wildman–Crippen LogP) is 4.61. The van der Waals surface area contributed by atoms with Gasteiger partial charge in [0.2, 0.25) is 0 Å². The van der Waals surface area contributed by atoms with Crippen LogP contribution in [0.2, 0.25) is 0 Å². The van der Waals surface area contributed by atoms with Crippen LogP contribution in [-0.2, 0) is 0 Å². The highest BCUT2D eigenvalue weighted by atomic mass is 127. The first-order valence-electron chi connectivity index (χ1n) is 5.66. The van der Waals surface area contributed by atoms with E-state index in [-0.39, 0.29) is 0 Å². The highest BCUT2D eigenvalue weighted by Crippen LogP contribution is 2.29. The molecule has 0 amide bonds. The molecule has 3 aromatic rings. The molecule has 1 aromatic heterocycles. The Kier molecular flexibility index (Phi) is 3.49. The van der Waals surface area contributed by atoms with E-state index in [4.69, 9.17) is 4.74 Å². The Hall–Kier alpha value is -1.08. The van der Waals surface area contributed by atoms with Gasteiger partial charge in [-0.1, -0.05) is 15.9 Å². The van der Waals surface area contributed by atoms with Crippen molar-refractivity contribution in [3.63, 3.8) is 0 Å². The maximum Gasteiger partial charge on any atom is 0.139 e. The van der Waals surface area contributed by atoms with Crippen LogP contribution < -0.4 is 4.74 Å². The van der Waals surface area contributed by atoms with E-state index in [1.165, 1.54) is 0 Å². The summed E-state index contributed by atoms with van der Waals surface area (Å²) in [6, 6.07) is 12.0. The van der Waals surface area contributed by atoms with Crippen LogP contribution in [0, 0.1) is 3.57 Å². The fraction of sp³-hybridized carbons (Fsp3) is 0.0714. The lowest BCUT2D eigenvalue weighted by molar-refractivity contribution is 0.415. The topological polar surface area (TPSA) is 37.9 Å². The molecular weight excluding hydrogens is 419 g/mol. The van der Waals surface area contributed by atoms with E-state index in [1.807, 2.05) is 24.3 Å². The number of imidazole rings is 1. The Balaban J connectivity index is 2.17. The van der Waals surface area contributed by atoms with Gasteiger partial charge in [0.1, 0.15) is 11.6 Å². The molecule has 0 spiro atoms. The van der Waals surface area contributed by atoms with Crippen molar-refractivity contribution in [2.45, 2.75) is 0 Å². The van der Waals surface area contributed by atoms with Gasteiger partial charge in [0.05, 0.1) is 18.1 Å². The van der Waals surface area contributed by atoms with E-state index in [1.54, 1.807) is 7.11 Å². The van der Waals surface area contributed by atoms with Crippen LogP contribution >= 0.6 is 38.5 Å². The van der Waals surface area contributed by atoms with Gasteiger partial charge in [-0.05, 0) is 52.9 Å². The average Bonchev–Trinajstić information content (AvgIpc) is 2.83. The number of aromatic nitrogens is 2. The number of nitrogens with zero attached hydrogens (tertiary/aromatic N) is 1. The molecule has 5 heteroatoms. The molecule has 0 fully saturated rings. The van der Waals surface area contributed by atoms with Crippen LogP contribution in [0.25, 0.3) is 22.4 Å². The van der Waals surface area contributed by atoms with E-state index in [9.17, 15) is 0 Å². The Morgan fingerprint density at radius 2 is 2.05 bits per heavy atom. The largest absolute Gasteiger partial charge is 0.497 e. The molecule has 1 heterocycles. The summed E-state index contributed by atoms with van der Waals surface area (Å²) in [4.78, 5) is 7.96. The molecular formula is C14H10BrIN2O. The monoisotopic (exact) mass is 428 g/mol. The zero-order valence-electron chi connectivity index (χ0n) is 10.1. The minimum absolute atomic E-state index is 0.826. The first-order valence-corrected chi connectivity index (χ1v) is 7.54. The van der Waals surface area contributed by atoms with Crippen LogP contribution in [-0.4, -0.2) is 17.1 Å². The molecule has 0 unspecified atom stereocenters. The van der Waals surface area contributed by atoms with E-state index >= 15 is 0 Å². The molecule has 0 aliphatic rings.